The fraction of sp³-hybridized carbons (Fsp3) is 0.385. The predicted octanol–water partition coefficient (Wildman–Crippen LogP) is 2.88. The van der Waals surface area contributed by atoms with Gasteiger partial charge in [-0.2, -0.15) is 0 Å². The standard InChI is InChI=1S/C13H14ClNO2/c14-11-7-5-10(6-8-11)13(17)15-9-3-1-2-4-12(15)16/h5-8H,1-4,9H2. The van der Waals surface area contributed by atoms with Gasteiger partial charge in [-0.25, -0.2) is 0 Å². The molecule has 0 bridgehead atoms. The lowest BCUT2D eigenvalue weighted by molar-refractivity contribution is -0.128. The maximum absolute atomic E-state index is 12.1. The van der Waals surface area contributed by atoms with E-state index in [1.165, 1.54) is 4.90 Å². The molecule has 1 heterocycles. The minimum Gasteiger partial charge on any atom is -0.279 e. The van der Waals surface area contributed by atoms with Gasteiger partial charge in [0.15, 0.2) is 0 Å². The molecule has 0 radical (unpaired) electrons. The second-order valence-electron chi connectivity index (χ2n) is 4.17. The number of carbonyl (C=O) groups is 2. The van der Waals surface area contributed by atoms with Crippen molar-refractivity contribution < 1.29 is 9.59 Å². The minimum absolute atomic E-state index is 0.0672. The Morgan fingerprint density at radius 3 is 2.53 bits per heavy atom. The molecule has 0 N–H and O–H groups in total. The molecule has 2 rings (SSSR count). The van der Waals surface area contributed by atoms with Crippen LogP contribution < -0.4 is 0 Å². The van der Waals surface area contributed by atoms with Crippen molar-refractivity contribution in [2.24, 2.45) is 0 Å². The van der Waals surface area contributed by atoms with Crippen molar-refractivity contribution in [3.8, 4) is 0 Å². The van der Waals surface area contributed by atoms with Gasteiger partial charge in [0.2, 0.25) is 5.91 Å². The van der Waals surface area contributed by atoms with E-state index in [4.69, 9.17) is 11.6 Å². The highest BCUT2D eigenvalue weighted by molar-refractivity contribution is 6.30. The van der Waals surface area contributed by atoms with Gasteiger partial charge in [-0.3, -0.25) is 14.5 Å². The molecular weight excluding hydrogens is 238 g/mol. The van der Waals surface area contributed by atoms with E-state index in [2.05, 4.69) is 0 Å². The van der Waals surface area contributed by atoms with Crippen molar-refractivity contribution >= 4 is 23.4 Å². The first-order chi connectivity index (χ1) is 8.18. The van der Waals surface area contributed by atoms with Crippen LogP contribution in [0.3, 0.4) is 0 Å². The zero-order valence-corrected chi connectivity index (χ0v) is 10.2. The summed E-state index contributed by atoms with van der Waals surface area (Å²) in [5, 5.41) is 0.587. The summed E-state index contributed by atoms with van der Waals surface area (Å²) in [7, 11) is 0. The third-order valence-electron chi connectivity index (χ3n) is 2.91. The van der Waals surface area contributed by atoms with Crippen molar-refractivity contribution in [2.75, 3.05) is 6.54 Å². The number of hydrogen-bond donors (Lipinski definition) is 0. The maximum Gasteiger partial charge on any atom is 0.260 e. The third kappa shape index (κ3) is 2.86. The average molecular weight is 252 g/mol. The van der Waals surface area contributed by atoms with Crippen molar-refractivity contribution in [3.05, 3.63) is 34.9 Å². The van der Waals surface area contributed by atoms with Gasteiger partial charge in [-0.15, -0.1) is 0 Å². The highest BCUT2D eigenvalue weighted by Gasteiger charge is 2.23. The number of amides is 2. The van der Waals surface area contributed by atoms with Crippen LogP contribution in [-0.2, 0) is 4.79 Å². The molecule has 0 aromatic heterocycles. The van der Waals surface area contributed by atoms with Gasteiger partial charge >= 0.3 is 0 Å². The number of nitrogens with zero attached hydrogens (tertiary/aromatic N) is 1. The van der Waals surface area contributed by atoms with Gasteiger partial charge in [0.25, 0.3) is 5.91 Å². The minimum atomic E-state index is -0.214. The van der Waals surface area contributed by atoms with Gasteiger partial charge in [0.1, 0.15) is 0 Å². The molecule has 1 aromatic rings. The summed E-state index contributed by atoms with van der Waals surface area (Å²) in [6, 6.07) is 6.64. The van der Waals surface area contributed by atoms with Crippen molar-refractivity contribution in [1.82, 2.24) is 4.90 Å². The zero-order valence-electron chi connectivity index (χ0n) is 9.49. The lowest BCUT2D eigenvalue weighted by Crippen LogP contribution is -2.36. The summed E-state index contributed by atoms with van der Waals surface area (Å²) in [6.07, 6.45) is 3.25. The fourth-order valence-electron chi connectivity index (χ4n) is 1.95. The van der Waals surface area contributed by atoms with Crippen LogP contribution in [0.5, 0.6) is 0 Å². The molecule has 1 fully saturated rings. The van der Waals surface area contributed by atoms with Crippen molar-refractivity contribution in [1.29, 1.82) is 0 Å². The first-order valence-corrected chi connectivity index (χ1v) is 6.16. The van der Waals surface area contributed by atoms with Crippen molar-refractivity contribution in [3.63, 3.8) is 0 Å². The summed E-state index contributed by atoms with van der Waals surface area (Å²) in [4.78, 5) is 25.3. The summed E-state index contributed by atoms with van der Waals surface area (Å²) in [5.41, 5.74) is 0.518. The number of imide groups is 1. The summed E-state index contributed by atoms with van der Waals surface area (Å²) in [5.74, 6) is -0.281. The first kappa shape index (κ1) is 12.1. The Kier molecular flexibility index (Phi) is 3.79. The van der Waals surface area contributed by atoms with E-state index in [9.17, 15) is 9.59 Å². The molecule has 0 unspecified atom stereocenters. The van der Waals surface area contributed by atoms with Crippen molar-refractivity contribution in [2.45, 2.75) is 25.7 Å². The fourth-order valence-corrected chi connectivity index (χ4v) is 2.07. The van der Waals surface area contributed by atoms with Crippen LogP contribution in [0.1, 0.15) is 36.0 Å². The highest BCUT2D eigenvalue weighted by atomic mass is 35.5. The molecule has 0 spiro atoms. The molecule has 0 atom stereocenters. The topological polar surface area (TPSA) is 37.4 Å². The SMILES string of the molecule is O=C1CCCCCN1C(=O)c1ccc(Cl)cc1. The number of hydrogen-bond acceptors (Lipinski definition) is 2. The smallest absolute Gasteiger partial charge is 0.260 e. The van der Waals surface area contributed by atoms with Crippen LogP contribution in [-0.4, -0.2) is 23.3 Å². The molecule has 0 saturated carbocycles. The molecule has 1 saturated heterocycles. The van der Waals surface area contributed by atoms with Gasteiger partial charge in [-0.1, -0.05) is 18.0 Å². The Hall–Kier alpha value is -1.35. The van der Waals surface area contributed by atoms with E-state index in [-0.39, 0.29) is 11.8 Å². The van der Waals surface area contributed by atoms with Gasteiger partial charge < -0.3 is 0 Å². The number of carbonyl (C=O) groups excluding carboxylic acids is 2. The monoisotopic (exact) mass is 251 g/mol. The Labute approximate surface area is 105 Å². The van der Waals surface area contributed by atoms with Crippen LogP contribution in [0.4, 0.5) is 0 Å². The van der Waals surface area contributed by atoms with Gasteiger partial charge in [0, 0.05) is 23.6 Å². The second kappa shape index (κ2) is 5.32. The molecule has 17 heavy (non-hydrogen) atoms. The summed E-state index contributed by atoms with van der Waals surface area (Å²) >= 11 is 5.77. The number of benzene rings is 1. The van der Waals surface area contributed by atoms with Crippen LogP contribution >= 0.6 is 11.6 Å². The molecule has 90 valence electrons. The molecule has 3 nitrogen and oxygen atoms in total. The Morgan fingerprint density at radius 1 is 1.12 bits per heavy atom. The van der Waals surface area contributed by atoms with Crippen LogP contribution in [0.15, 0.2) is 24.3 Å². The van der Waals surface area contributed by atoms with E-state index in [1.54, 1.807) is 24.3 Å². The van der Waals surface area contributed by atoms with E-state index in [0.717, 1.165) is 19.3 Å². The largest absolute Gasteiger partial charge is 0.279 e. The number of likely N-dealkylation sites (tertiary alicyclic amines) is 1. The molecule has 1 aliphatic rings. The van der Waals surface area contributed by atoms with E-state index in [1.807, 2.05) is 0 Å². The molecule has 2 amide bonds. The Balaban J connectivity index is 2.18. The van der Waals surface area contributed by atoms with Gasteiger partial charge in [-0.05, 0) is 37.1 Å². The molecule has 1 aliphatic heterocycles. The lowest BCUT2D eigenvalue weighted by atomic mass is 10.2. The maximum atomic E-state index is 12.1. The van der Waals surface area contributed by atoms with E-state index < -0.39 is 0 Å². The quantitative estimate of drug-likeness (QED) is 0.720. The zero-order chi connectivity index (χ0) is 12.3. The Morgan fingerprint density at radius 2 is 1.82 bits per heavy atom. The molecule has 1 aromatic carbocycles. The number of halogens is 1. The third-order valence-corrected chi connectivity index (χ3v) is 3.16. The van der Waals surface area contributed by atoms with Crippen LogP contribution in [0.2, 0.25) is 5.02 Å². The number of rotatable bonds is 1. The summed E-state index contributed by atoms with van der Waals surface area (Å²) in [6.45, 7) is 0.528. The van der Waals surface area contributed by atoms with Gasteiger partial charge in [0.05, 0.1) is 0 Å². The lowest BCUT2D eigenvalue weighted by Gasteiger charge is -2.18. The van der Waals surface area contributed by atoms with Crippen LogP contribution in [0, 0.1) is 0 Å². The van der Waals surface area contributed by atoms with Crippen LogP contribution in [0.25, 0.3) is 0 Å². The average Bonchev–Trinajstić information content (AvgIpc) is 2.54. The molecular formula is C13H14ClNO2. The predicted molar refractivity (Wildman–Crippen MR) is 66.0 cm³/mol. The Bertz CT molecular complexity index is 428. The van der Waals surface area contributed by atoms with E-state index in [0.29, 0.717) is 23.6 Å². The normalized spacial score (nSPS) is 16.8. The van der Waals surface area contributed by atoms with E-state index >= 15 is 0 Å². The first-order valence-electron chi connectivity index (χ1n) is 5.79. The summed E-state index contributed by atoms with van der Waals surface area (Å²) < 4.78 is 0. The molecule has 4 heteroatoms. The molecule has 0 aliphatic carbocycles. The highest BCUT2D eigenvalue weighted by Crippen LogP contribution is 2.16. The second-order valence-corrected chi connectivity index (χ2v) is 4.60.